The minimum absolute atomic E-state index is 0.00553. The van der Waals surface area contributed by atoms with Gasteiger partial charge in [0.15, 0.2) is 11.6 Å². The molecule has 0 spiro atoms. The van der Waals surface area contributed by atoms with Crippen LogP contribution in [0.15, 0.2) is 66.0 Å². The Balaban J connectivity index is 1.37. The first kappa shape index (κ1) is 19.6. The molecule has 2 heterocycles. The highest BCUT2D eigenvalue weighted by Crippen LogP contribution is 2.32. The summed E-state index contributed by atoms with van der Waals surface area (Å²) >= 11 is 1.24. The van der Waals surface area contributed by atoms with Crippen molar-refractivity contribution in [2.45, 2.75) is 23.9 Å². The Bertz CT molecular complexity index is 1290. The largest absolute Gasteiger partial charge is 0.294 e. The first-order valence-corrected chi connectivity index (χ1v) is 10.8. The van der Waals surface area contributed by atoms with E-state index in [4.69, 9.17) is 0 Å². The van der Waals surface area contributed by atoms with E-state index in [0.717, 1.165) is 5.56 Å². The number of nitrogens with zero attached hydrogens (tertiary/aromatic N) is 4. The van der Waals surface area contributed by atoms with Gasteiger partial charge in [-0.05, 0) is 30.0 Å². The summed E-state index contributed by atoms with van der Waals surface area (Å²) < 4.78 is 14.7. The molecule has 1 aliphatic rings. The Morgan fingerprint density at radius 3 is 2.61 bits per heavy atom. The molecule has 2 aromatic heterocycles. The molecule has 6 nitrogen and oxygen atoms in total. The Morgan fingerprint density at radius 2 is 1.84 bits per heavy atom. The lowest BCUT2D eigenvalue weighted by Crippen LogP contribution is -2.21. The van der Waals surface area contributed by atoms with E-state index in [-0.39, 0.29) is 29.1 Å². The third-order valence-corrected chi connectivity index (χ3v) is 6.17. The van der Waals surface area contributed by atoms with Crippen LogP contribution in [0, 0.1) is 5.82 Å². The van der Waals surface area contributed by atoms with Gasteiger partial charge < -0.3 is 0 Å². The number of rotatable bonds is 5. The monoisotopic (exact) mass is 432 g/mol. The molecule has 0 radical (unpaired) electrons. The van der Waals surface area contributed by atoms with Crippen molar-refractivity contribution in [2.24, 2.45) is 0 Å². The number of ketones is 2. The third kappa shape index (κ3) is 3.98. The number of fused-ring (bicyclic) bond motifs is 2. The van der Waals surface area contributed by atoms with E-state index in [0.29, 0.717) is 40.6 Å². The molecule has 0 fully saturated rings. The number of halogens is 1. The number of thioether (sulfide) groups is 1. The molecule has 8 heteroatoms. The number of carbonyl (C=O) groups excluding carboxylic acids is 2. The summed E-state index contributed by atoms with van der Waals surface area (Å²) in [6.07, 6.45) is 2.58. The summed E-state index contributed by atoms with van der Waals surface area (Å²) in [5, 5.41) is 4.80. The van der Waals surface area contributed by atoms with Gasteiger partial charge in [-0.3, -0.25) is 9.59 Å². The molecule has 31 heavy (non-hydrogen) atoms. The second-order valence-electron chi connectivity index (χ2n) is 7.40. The van der Waals surface area contributed by atoms with Crippen LogP contribution in [-0.2, 0) is 6.42 Å². The van der Waals surface area contributed by atoms with E-state index in [2.05, 4.69) is 15.1 Å². The van der Waals surface area contributed by atoms with Crippen LogP contribution in [0.2, 0.25) is 0 Å². The van der Waals surface area contributed by atoms with E-state index in [1.807, 2.05) is 18.2 Å². The van der Waals surface area contributed by atoms with Crippen LogP contribution in [0.25, 0.3) is 5.78 Å². The summed E-state index contributed by atoms with van der Waals surface area (Å²) in [4.78, 5) is 34.0. The van der Waals surface area contributed by atoms with E-state index in [9.17, 15) is 14.0 Å². The zero-order valence-electron chi connectivity index (χ0n) is 16.4. The van der Waals surface area contributed by atoms with Gasteiger partial charge in [0.05, 0.1) is 17.0 Å². The van der Waals surface area contributed by atoms with Crippen LogP contribution >= 0.6 is 11.8 Å². The highest BCUT2D eigenvalue weighted by molar-refractivity contribution is 7.99. The second kappa shape index (κ2) is 8.03. The first-order chi connectivity index (χ1) is 15.1. The van der Waals surface area contributed by atoms with Crippen molar-refractivity contribution in [3.63, 3.8) is 0 Å². The standard InChI is InChI=1S/C23H17FN4O2S/c24-17-8-6-14(7-9-17)16-10-19-18(20(29)11-16)12-28-22(25-19)26-23(27-28)31-13-21(30)15-4-2-1-3-5-15/h1-9,12,16H,10-11,13H2/t16-/m0/s1. The minimum atomic E-state index is -0.301. The first-order valence-electron chi connectivity index (χ1n) is 9.83. The minimum Gasteiger partial charge on any atom is -0.294 e. The molecule has 0 unspecified atom stereocenters. The molecule has 0 bridgehead atoms. The van der Waals surface area contributed by atoms with Crippen molar-refractivity contribution in [3.05, 3.63) is 89.0 Å². The maximum Gasteiger partial charge on any atom is 0.253 e. The van der Waals surface area contributed by atoms with E-state index < -0.39 is 0 Å². The zero-order chi connectivity index (χ0) is 21.4. The third-order valence-electron chi connectivity index (χ3n) is 5.33. The van der Waals surface area contributed by atoms with Crippen LogP contribution < -0.4 is 0 Å². The van der Waals surface area contributed by atoms with Gasteiger partial charge in [0, 0.05) is 18.2 Å². The highest BCUT2D eigenvalue weighted by atomic mass is 32.2. The van der Waals surface area contributed by atoms with Crippen LogP contribution in [0.5, 0.6) is 0 Å². The SMILES string of the molecule is O=C(CSc1nc2nc3c(cn2n1)C(=O)C[C@@H](c1ccc(F)cc1)C3)c1ccccc1. The van der Waals surface area contributed by atoms with Gasteiger partial charge in [-0.2, -0.15) is 4.98 Å². The molecule has 154 valence electrons. The van der Waals surface area contributed by atoms with Gasteiger partial charge in [0.2, 0.25) is 5.16 Å². The lowest BCUT2D eigenvalue weighted by molar-refractivity contribution is 0.0961. The van der Waals surface area contributed by atoms with Crippen LogP contribution in [-0.4, -0.2) is 36.9 Å². The Hall–Kier alpha value is -3.39. The summed E-state index contributed by atoms with van der Waals surface area (Å²) in [7, 11) is 0. The predicted molar refractivity (Wildman–Crippen MR) is 114 cm³/mol. The molecular formula is C23H17FN4O2S. The van der Waals surface area contributed by atoms with Gasteiger partial charge in [-0.25, -0.2) is 13.9 Å². The van der Waals surface area contributed by atoms with Crippen molar-refractivity contribution < 1.29 is 14.0 Å². The van der Waals surface area contributed by atoms with E-state index in [1.54, 1.807) is 30.5 Å². The van der Waals surface area contributed by atoms with Crippen LogP contribution in [0.1, 0.15) is 44.3 Å². The van der Waals surface area contributed by atoms with Gasteiger partial charge in [0.1, 0.15) is 5.82 Å². The fourth-order valence-corrected chi connectivity index (χ4v) is 4.45. The summed E-state index contributed by atoms with van der Waals surface area (Å²) in [5.74, 6) is 0.233. The maximum atomic E-state index is 13.2. The predicted octanol–water partition coefficient (Wildman–Crippen LogP) is 4.15. The quantitative estimate of drug-likeness (QED) is 0.348. The van der Waals surface area contributed by atoms with Crippen molar-refractivity contribution in [2.75, 3.05) is 5.75 Å². The lowest BCUT2D eigenvalue weighted by atomic mass is 9.82. The summed E-state index contributed by atoms with van der Waals surface area (Å²) in [6, 6.07) is 15.3. The number of hydrogen-bond donors (Lipinski definition) is 0. The average Bonchev–Trinajstić information content (AvgIpc) is 3.19. The molecule has 5 rings (SSSR count). The second-order valence-corrected chi connectivity index (χ2v) is 8.34. The van der Waals surface area contributed by atoms with Crippen molar-refractivity contribution in [1.82, 2.24) is 19.6 Å². The Labute approximate surface area is 181 Å². The van der Waals surface area contributed by atoms with Gasteiger partial charge in [-0.15, -0.1) is 5.10 Å². The fraction of sp³-hybridized carbons (Fsp3) is 0.174. The smallest absolute Gasteiger partial charge is 0.253 e. The Kier molecular flexibility index (Phi) is 5.07. The van der Waals surface area contributed by atoms with Crippen LogP contribution in [0.4, 0.5) is 4.39 Å². The van der Waals surface area contributed by atoms with Gasteiger partial charge in [-0.1, -0.05) is 54.2 Å². The number of Topliss-reactive ketones (excluding diaryl/α,β-unsaturated/α-hetero) is 2. The molecule has 4 aromatic rings. The molecule has 0 saturated carbocycles. The van der Waals surface area contributed by atoms with Gasteiger partial charge in [0.25, 0.3) is 5.78 Å². The molecule has 0 saturated heterocycles. The van der Waals surface area contributed by atoms with Crippen LogP contribution in [0.3, 0.4) is 0 Å². The molecule has 2 aromatic carbocycles. The maximum absolute atomic E-state index is 13.2. The zero-order valence-corrected chi connectivity index (χ0v) is 17.2. The fourth-order valence-electron chi connectivity index (χ4n) is 3.73. The molecule has 0 aliphatic heterocycles. The Morgan fingerprint density at radius 1 is 1.06 bits per heavy atom. The van der Waals surface area contributed by atoms with E-state index in [1.165, 1.54) is 28.4 Å². The highest BCUT2D eigenvalue weighted by Gasteiger charge is 2.28. The number of aromatic nitrogens is 4. The van der Waals surface area contributed by atoms with Crippen molar-refractivity contribution in [1.29, 1.82) is 0 Å². The van der Waals surface area contributed by atoms with E-state index >= 15 is 0 Å². The molecule has 0 N–H and O–H groups in total. The summed E-state index contributed by atoms with van der Waals surface area (Å²) in [6.45, 7) is 0. The molecular weight excluding hydrogens is 415 g/mol. The van der Waals surface area contributed by atoms with Crippen molar-refractivity contribution >= 4 is 29.1 Å². The summed E-state index contributed by atoms with van der Waals surface area (Å²) in [5.41, 5.74) is 2.76. The number of benzene rings is 2. The average molecular weight is 432 g/mol. The molecule has 1 atom stereocenters. The molecule has 0 amide bonds. The number of hydrogen-bond acceptors (Lipinski definition) is 6. The van der Waals surface area contributed by atoms with Gasteiger partial charge >= 0.3 is 0 Å². The topological polar surface area (TPSA) is 77.2 Å². The normalized spacial score (nSPS) is 15.8. The molecule has 1 aliphatic carbocycles. The number of carbonyl (C=O) groups is 2. The van der Waals surface area contributed by atoms with Crippen molar-refractivity contribution in [3.8, 4) is 0 Å². The lowest BCUT2D eigenvalue weighted by Gasteiger charge is -2.23.